The third-order valence-corrected chi connectivity index (χ3v) is 6.52. The summed E-state index contributed by atoms with van der Waals surface area (Å²) < 4.78 is 1.97. The summed E-state index contributed by atoms with van der Waals surface area (Å²) in [5.74, 6) is 0.695. The molecule has 2 heterocycles. The normalized spacial score (nSPS) is 14.7. The third kappa shape index (κ3) is 4.32. The number of hydrogen-bond acceptors (Lipinski definition) is 5. The van der Waals surface area contributed by atoms with Gasteiger partial charge in [-0.05, 0) is 50.5 Å². The molecule has 1 aromatic heterocycles. The number of nitrogens with zero attached hydrogens (tertiary/aromatic N) is 4. The second-order valence-corrected chi connectivity index (χ2v) is 9.04. The van der Waals surface area contributed by atoms with Gasteiger partial charge in [0.25, 0.3) is 0 Å². The van der Waals surface area contributed by atoms with Crippen molar-refractivity contribution < 1.29 is 4.79 Å². The van der Waals surface area contributed by atoms with E-state index in [0.717, 1.165) is 48.8 Å². The van der Waals surface area contributed by atoms with Crippen LogP contribution in [0.25, 0.3) is 5.69 Å². The Bertz CT molecular complexity index is 1050. The van der Waals surface area contributed by atoms with Crippen LogP contribution in [-0.2, 0) is 4.79 Å². The number of rotatable bonds is 6. The van der Waals surface area contributed by atoms with Gasteiger partial charge in [-0.1, -0.05) is 53.7 Å². The average molecular weight is 442 g/mol. The second kappa shape index (κ2) is 9.10. The number of anilines is 2. The topological polar surface area (TPSA) is 63.1 Å². The van der Waals surface area contributed by atoms with Crippen LogP contribution in [0.2, 0.25) is 5.02 Å². The van der Waals surface area contributed by atoms with Crippen molar-refractivity contribution in [3.63, 3.8) is 0 Å². The lowest BCUT2D eigenvalue weighted by Gasteiger charge is -2.20. The molecule has 0 saturated carbocycles. The van der Waals surface area contributed by atoms with Crippen LogP contribution in [0.15, 0.2) is 53.7 Å². The molecule has 2 aromatic carbocycles. The van der Waals surface area contributed by atoms with Crippen LogP contribution < -0.4 is 10.2 Å². The molecule has 0 bridgehead atoms. The Morgan fingerprint density at radius 2 is 1.80 bits per heavy atom. The first-order valence-electron chi connectivity index (χ1n) is 10.0. The number of hydrogen-bond donors (Lipinski definition) is 1. The van der Waals surface area contributed by atoms with Gasteiger partial charge in [-0.15, -0.1) is 10.2 Å². The maximum Gasteiger partial charge on any atom is 0.237 e. The van der Waals surface area contributed by atoms with E-state index in [9.17, 15) is 4.79 Å². The predicted octanol–water partition coefficient (Wildman–Crippen LogP) is 4.95. The van der Waals surface area contributed by atoms with Crippen LogP contribution in [0.4, 0.5) is 11.6 Å². The average Bonchev–Trinajstić information content (AvgIpc) is 3.40. The standard InChI is InChI=1S/C22H24ClN5OS/c1-15-9-3-5-11-18(15)24-20(29)16(2)30-22-26-25-21(27-13-7-8-14-27)28(22)19-12-6-4-10-17(19)23/h3-6,9-12,16H,7-8,13-14H2,1-2H3,(H,24,29). The number of aromatic nitrogens is 3. The van der Waals surface area contributed by atoms with Gasteiger partial charge >= 0.3 is 0 Å². The van der Waals surface area contributed by atoms with Crippen LogP contribution in [0.5, 0.6) is 0 Å². The van der Waals surface area contributed by atoms with Crippen molar-refractivity contribution in [2.45, 2.75) is 37.1 Å². The summed E-state index contributed by atoms with van der Waals surface area (Å²) in [6, 6.07) is 15.4. The molecule has 0 aliphatic carbocycles. The molecule has 0 spiro atoms. The molecular weight excluding hydrogens is 418 g/mol. The Hall–Kier alpha value is -2.51. The summed E-state index contributed by atoms with van der Waals surface area (Å²) in [7, 11) is 0. The maximum atomic E-state index is 12.8. The third-order valence-electron chi connectivity index (χ3n) is 5.15. The Morgan fingerprint density at radius 1 is 1.10 bits per heavy atom. The summed E-state index contributed by atoms with van der Waals surface area (Å²) in [5.41, 5.74) is 2.67. The molecule has 30 heavy (non-hydrogen) atoms. The highest BCUT2D eigenvalue weighted by Gasteiger charge is 2.26. The fraction of sp³-hybridized carbons (Fsp3) is 0.318. The first-order chi connectivity index (χ1) is 14.5. The molecular formula is C22H24ClN5OS. The van der Waals surface area contributed by atoms with E-state index in [-0.39, 0.29) is 11.2 Å². The van der Waals surface area contributed by atoms with E-state index >= 15 is 0 Å². The van der Waals surface area contributed by atoms with Gasteiger partial charge < -0.3 is 10.2 Å². The van der Waals surface area contributed by atoms with Gasteiger partial charge in [-0.3, -0.25) is 9.36 Å². The zero-order valence-electron chi connectivity index (χ0n) is 17.0. The molecule has 1 saturated heterocycles. The zero-order chi connectivity index (χ0) is 21.1. The number of halogens is 1. The van der Waals surface area contributed by atoms with E-state index in [2.05, 4.69) is 20.4 Å². The molecule has 1 atom stereocenters. The van der Waals surface area contributed by atoms with Crippen LogP contribution >= 0.6 is 23.4 Å². The molecule has 156 valence electrons. The Balaban J connectivity index is 1.61. The van der Waals surface area contributed by atoms with Crippen LogP contribution in [0, 0.1) is 6.92 Å². The van der Waals surface area contributed by atoms with E-state index in [1.807, 2.05) is 66.9 Å². The quantitative estimate of drug-likeness (QED) is 0.548. The van der Waals surface area contributed by atoms with Crippen molar-refractivity contribution in [3.8, 4) is 5.69 Å². The Kier molecular flexibility index (Phi) is 6.29. The summed E-state index contributed by atoms with van der Waals surface area (Å²) in [6.07, 6.45) is 2.26. The summed E-state index contributed by atoms with van der Waals surface area (Å²) >= 11 is 7.89. The minimum Gasteiger partial charge on any atom is -0.341 e. The lowest BCUT2D eigenvalue weighted by molar-refractivity contribution is -0.115. The van der Waals surface area contributed by atoms with E-state index in [4.69, 9.17) is 11.6 Å². The van der Waals surface area contributed by atoms with Gasteiger partial charge in [0.05, 0.1) is 16.0 Å². The number of nitrogens with one attached hydrogen (secondary N) is 1. The summed E-state index contributed by atoms with van der Waals surface area (Å²) in [6.45, 7) is 5.73. The van der Waals surface area contributed by atoms with Crippen molar-refractivity contribution in [1.29, 1.82) is 0 Å². The van der Waals surface area contributed by atoms with Crippen LogP contribution in [0.1, 0.15) is 25.3 Å². The van der Waals surface area contributed by atoms with Crippen molar-refractivity contribution in [2.24, 2.45) is 0 Å². The van der Waals surface area contributed by atoms with Crippen LogP contribution in [0.3, 0.4) is 0 Å². The van der Waals surface area contributed by atoms with Gasteiger partial charge in [-0.2, -0.15) is 0 Å². The number of para-hydroxylation sites is 2. The van der Waals surface area contributed by atoms with Gasteiger partial charge in [0.1, 0.15) is 0 Å². The van der Waals surface area contributed by atoms with Crippen molar-refractivity contribution in [1.82, 2.24) is 14.8 Å². The molecule has 1 N–H and O–H groups in total. The predicted molar refractivity (Wildman–Crippen MR) is 123 cm³/mol. The smallest absolute Gasteiger partial charge is 0.237 e. The largest absolute Gasteiger partial charge is 0.341 e. The first-order valence-corrected chi connectivity index (χ1v) is 11.3. The summed E-state index contributed by atoms with van der Waals surface area (Å²) in [5, 5.41) is 12.8. The molecule has 1 aliphatic rings. The highest BCUT2D eigenvalue weighted by Crippen LogP contribution is 2.33. The molecule has 1 unspecified atom stereocenters. The lowest BCUT2D eigenvalue weighted by Crippen LogP contribution is -2.24. The van der Waals surface area contributed by atoms with E-state index < -0.39 is 0 Å². The van der Waals surface area contributed by atoms with E-state index in [0.29, 0.717) is 10.2 Å². The molecule has 4 rings (SSSR count). The van der Waals surface area contributed by atoms with Gasteiger partial charge in [0.2, 0.25) is 11.9 Å². The number of aryl methyl sites for hydroxylation is 1. The minimum absolute atomic E-state index is 0.0780. The molecule has 1 aliphatic heterocycles. The highest BCUT2D eigenvalue weighted by atomic mass is 35.5. The minimum atomic E-state index is -0.360. The number of carbonyl (C=O) groups excluding carboxylic acids is 1. The SMILES string of the molecule is Cc1ccccc1NC(=O)C(C)Sc1nnc(N2CCCC2)n1-c1ccccc1Cl. The zero-order valence-corrected chi connectivity index (χ0v) is 18.6. The number of benzene rings is 2. The molecule has 3 aromatic rings. The van der Waals surface area contributed by atoms with Crippen molar-refractivity contribution in [3.05, 3.63) is 59.1 Å². The molecule has 8 heteroatoms. The van der Waals surface area contributed by atoms with Crippen molar-refractivity contribution >= 4 is 40.9 Å². The molecule has 6 nitrogen and oxygen atoms in total. The lowest BCUT2D eigenvalue weighted by atomic mass is 10.2. The number of carbonyl (C=O) groups is 1. The molecule has 0 radical (unpaired) electrons. The van der Waals surface area contributed by atoms with Gasteiger partial charge in [0.15, 0.2) is 5.16 Å². The first kappa shape index (κ1) is 20.8. The second-order valence-electron chi connectivity index (χ2n) is 7.33. The fourth-order valence-electron chi connectivity index (χ4n) is 3.46. The molecule has 1 amide bonds. The number of thioether (sulfide) groups is 1. The van der Waals surface area contributed by atoms with Gasteiger partial charge in [0, 0.05) is 18.8 Å². The maximum absolute atomic E-state index is 12.8. The Morgan fingerprint density at radius 3 is 2.53 bits per heavy atom. The number of amides is 1. The monoisotopic (exact) mass is 441 g/mol. The Labute approximate surface area is 185 Å². The highest BCUT2D eigenvalue weighted by molar-refractivity contribution is 8.00. The van der Waals surface area contributed by atoms with Crippen molar-refractivity contribution in [2.75, 3.05) is 23.3 Å². The summed E-state index contributed by atoms with van der Waals surface area (Å²) in [4.78, 5) is 15.0. The van der Waals surface area contributed by atoms with Crippen LogP contribution in [-0.4, -0.2) is 39.0 Å². The van der Waals surface area contributed by atoms with E-state index in [1.54, 1.807) is 0 Å². The fourth-order valence-corrected chi connectivity index (χ4v) is 4.54. The van der Waals surface area contributed by atoms with E-state index in [1.165, 1.54) is 11.8 Å². The molecule has 1 fully saturated rings. The van der Waals surface area contributed by atoms with Gasteiger partial charge in [-0.25, -0.2) is 0 Å².